The second kappa shape index (κ2) is 6.69. The number of aliphatic hydroxyl groups excluding tert-OH is 1. The zero-order valence-corrected chi connectivity index (χ0v) is 11.8. The fourth-order valence-corrected chi connectivity index (χ4v) is 2.75. The summed E-state index contributed by atoms with van der Waals surface area (Å²) in [6.07, 6.45) is 8.92. The molecule has 19 heavy (non-hydrogen) atoms. The van der Waals surface area contributed by atoms with Crippen molar-refractivity contribution in [2.45, 2.75) is 19.4 Å². The summed E-state index contributed by atoms with van der Waals surface area (Å²) in [6.45, 7) is 3.05. The smallest absolute Gasteiger partial charge is 0.104 e. The van der Waals surface area contributed by atoms with Crippen molar-refractivity contribution in [3.63, 3.8) is 0 Å². The van der Waals surface area contributed by atoms with Crippen LogP contribution in [0.5, 0.6) is 0 Å². The molecule has 0 aromatic heterocycles. The van der Waals surface area contributed by atoms with Crippen LogP contribution >= 0.6 is 0 Å². The summed E-state index contributed by atoms with van der Waals surface area (Å²) < 4.78 is 0.875. The number of allylic oxidation sites excluding steroid dienone is 3. The van der Waals surface area contributed by atoms with Gasteiger partial charge in [-0.1, -0.05) is 48.6 Å². The summed E-state index contributed by atoms with van der Waals surface area (Å²) in [6, 6.07) is 10.6. The van der Waals surface area contributed by atoms with Crippen LogP contribution in [0.2, 0.25) is 0 Å². The van der Waals surface area contributed by atoms with Crippen LogP contribution < -0.4 is 0 Å². The van der Waals surface area contributed by atoms with E-state index in [1.165, 1.54) is 11.1 Å². The number of hydrogen-bond acceptors (Lipinski definition) is 1. The molecule has 0 radical (unpaired) electrons. The maximum Gasteiger partial charge on any atom is 0.104 e. The normalized spacial score (nSPS) is 17.9. The van der Waals surface area contributed by atoms with E-state index in [0.717, 1.165) is 37.0 Å². The first-order valence-corrected chi connectivity index (χ1v) is 7.05. The molecule has 0 amide bonds. The Morgan fingerprint density at radius 1 is 1.16 bits per heavy atom. The van der Waals surface area contributed by atoms with E-state index in [4.69, 9.17) is 0 Å². The number of aliphatic hydroxyl groups is 1. The molecule has 1 unspecified atom stereocenters. The fourth-order valence-electron chi connectivity index (χ4n) is 2.75. The van der Waals surface area contributed by atoms with E-state index in [0.29, 0.717) is 0 Å². The van der Waals surface area contributed by atoms with Gasteiger partial charge in [-0.05, 0) is 18.4 Å². The van der Waals surface area contributed by atoms with Crippen molar-refractivity contribution in [3.8, 4) is 0 Å². The van der Waals surface area contributed by atoms with E-state index < -0.39 is 0 Å². The topological polar surface area (TPSA) is 20.2 Å². The van der Waals surface area contributed by atoms with Crippen LogP contribution in [0.3, 0.4) is 0 Å². The van der Waals surface area contributed by atoms with Gasteiger partial charge in [-0.15, -0.1) is 0 Å². The number of nitrogens with zero attached hydrogens (tertiary/aromatic N) is 1. The lowest BCUT2D eigenvalue weighted by Crippen LogP contribution is -2.46. The predicted octanol–water partition coefficient (Wildman–Crippen LogP) is 2.90. The van der Waals surface area contributed by atoms with Crippen molar-refractivity contribution >= 4 is 0 Å². The molecule has 1 N–H and O–H groups in total. The van der Waals surface area contributed by atoms with E-state index in [1.807, 2.05) is 6.07 Å². The van der Waals surface area contributed by atoms with Crippen LogP contribution in [0.15, 0.2) is 54.1 Å². The largest absolute Gasteiger partial charge is 0.391 e. The van der Waals surface area contributed by atoms with Crippen LogP contribution in [-0.2, 0) is 6.54 Å². The first-order chi connectivity index (χ1) is 9.22. The molecule has 1 aliphatic rings. The molecule has 0 aliphatic heterocycles. The Morgan fingerprint density at radius 2 is 1.95 bits per heavy atom. The van der Waals surface area contributed by atoms with Crippen molar-refractivity contribution in [1.29, 1.82) is 0 Å². The van der Waals surface area contributed by atoms with E-state index in [9.17, 15) is 5.11 Å². The van der Waals surface area contributed by atoms with E-state index in [1.54, 1.807) is 0 Å². The van der Waals surface area contributed by atoms with Gasteiger partial charge < -0.3 is 9.59 Å². The summed E-state index contributed by atoms with van der Waals surface area (Å²) in [7, 11) is 2.24. The van der Waals surface area contributed by atoms with Crippen LogP contribution in [0.1, 0.15) is 18.4 Å². The van der Waals surface area contributed by atoms with Crippen LogP contribution in [0, 0.1) is 0 Å². The Hall–Kier alpha value is -1.38. The SMILES string of the molecule is C[N+](CCO)(CC1=CC=CCC1)Cc1ccccc1. The monoisotopic (exact) mass is 258 g/mol. The molecule has 0 bridgehead atoms. The van der Waals surface area contributed by atoms with Gasteiger partial charge in [0.1, 0.15) is 19.6 Å². The summed E-state index contributed by atoms with van der Waals surface area (Å²) in [5.74, 6) is 0. The molecule has 0 saturated heterocycles. The third-order valence-corrected chi connectivity index (χ3v) is 3.73. The first-order valence-electron chi connectivity index (χ1n) is 7.05. The van der Waals surface area contributed by atoms with Crippen LogP contribution in [-0.4, -0.2) is 36.3 Å². The minimum Gasteiger partial charge on any atom is -0.391 e. The number of benzene rings is 1. The van der Waals surface area contributed by atoms with Crippen molar-refractivity contribution in [2.24, 2.45) is 0 Å². The Bertz CT molecular complexity index is 450. The van der Waals surface area contributed by atoms with Crippen molar-refractivity contribution in [3.05, 3.63) is 59.7 Å². The van der Waals surface area contributed by atoms with Crippen LogP contribution in [0.4, 0.5) is 0 Å². The molecule has 102 valence electrons. The highest BCUT2D eigenvalue weighted by Crippen LogP contribution is 2.19. The highest BCUT2D eigenvalue weighted by Gasteiger charge is 2.23. The number of quaternary nitrogens is 1. The molecule has 2 nitrogen and oxygen atoms in total. The van der Waals surface area contributed by atoms with Gasteiger partial charge in [0.2, 0.25) is 0 Å². The van der Waals surface area contributed by atoms with E-state index in [2.05, 4.69) is 49.5 Å². The van der Waals surface area contributed by atoms with Gasteiger partial charge in [-0.2, -0.15) is 0 Å². The van der Waals surface area contributed by atoms with Crippen molar-refractivity contribution in [1.82, 2.24) is 0 Å². The molecule has 1 aromatic carbocycles. The molecule has 2 heteroatoms. The molecular weight excluding hydrogens is 234 g/mol. The van der Waals surface area contributed by atoms with Crippen LogP contribution in [0.25, 0.3) is 0 Å². The third-order valence-electron chi connectivity index (χ3n) is 3.73. The first kappa shape index (κ1) is 14.0. The third kappa shape index (κ3) is 4.34. The van der Waals surface area contributed by atoms with Gasteiger partial charge in [0.15, 0.2) is 0 Å². The van der Waals surface area contributed by atoms with Gasteiger partial charge >= 0.3 is 0 Å². The van der Waals surface area contributed by atoms with Gasteiger partial charge in [-0.3, -0.25) is 0 Å². The molecule has 0 saturated carbocycles. The highest BCUT2D eigenvalue weighted by molar-refractivity contribution is 5.18. The summed E-state index contributed by atoms with van der Waals surface area (Å²) in [5.41, 5.74) is 2.83. The highest BCUT2D eigenvalue weighted by atomic mass is 16.3. The van der Waals surface area contributed by atoms with Crippen molar-refractivity contribution in [2.75, 3.05) is 26.7 Å². The Kier molecular flexibility index (Phi) is 4.94. The minimum atomic E-state index is 0.243. The summed E-state index contributed by atoms with van der Waals surface area (Å²) in [4.78, 5) is 0. The molecule has 0 heterocycles. The number of rotatable bonds is 6. The average molecular weight is 258 g/mol. The second-order valence-corrected chi connectivity index (χ2v) is 5.66. The average Bonchev–Trinajstić information content (AvgIpc) is 2.41. The Labute approximate surface area is 116 Å². The Morgan fingerprint density at radius 3 is 2.58 bits per heavy atom. The minimum absolute atomic E-state index is 0.243. The van der Waals surface area contributed by atoms with E-state index >= 15 is 0 Å². The molecule has 0 spiro atoms. The van der Waals surface area contributed by atoms with Gasteiger partial charge in [0, 0.05) is 5.56 Å². The second-order valence-electron chi connectivity index (χ2n) is 5.66. The number of likely N-dealkylation sites (N-methyl/N-ethyl adjacent to an activating group) is 1. The maximum absolute atomic E-state index is 9.36. The lowest BCUT2D eigenvalue weighted by atomic mass is 10.0. The lowest BCUT2D eigenvalue weighted by Gasteiger charge is -2.35. The quantitative estimate of drug-likeness (QED) is 0.778. The van der Waals surface area contributed by atoms with Gasteiger partial charge in [0.05, 0.1) is 13.7 Å². The molecule has 1 aromatic rings. The summed E-state index contributed by atoms with van der Waals surface area (Å²) in [5, 5.41) is 9.36. The predicted molar refractivity (Wildman–Crippen MR) is 79.6 cm³/mol. The zero-order valence-electron chi connectivity index (χ0n) is 11.8. The van der Waals surface area contributed by atoms with Gasteiger partial charge in [-0.25, -0.2) is 0 Å². The lowest BCUT2D eigenvalue weighted by molar-refractivity contribution is -0.918. The zero-order chi connectivity index (χ0) is 13.6. The van der Waals surface area contributed by atoms with E-state index in [-0.39, 0.29) is 6.61 Å². The Balaban J connectivity index is 2.08. The molecule has 1 aliphatic carbocycles. The number of hydrogen-bond donors (Lipinski definition) is 1. The standard InChI is InChI=1S/C17H24NO/c1-18(12-13-19,14-16-8-4-2-5-9-16)15-17-10-6-3-7-11-17/h2-6,8-10,19H,7,11-15H2,1H3/q+1. The summed E-state index contributed by atoms with van der Waals surface area (Å²) >= 11 is 0. The molecule has 0 fully saturated rings. The maximum atomic E-state index is 9.36. The van der Waals surface area contributed by atoms with Gasteiger partial charge in [0.25, 0.3) is 0 Å². The molecular formula is C17H24NO+. The van der Waals surface area contributed by atoms with Crippen molar-refractivity contribution < 1.29 is 9.59 Å². The molecule has 2 rings (SSSR count). The molecule has 1 atom stereocenters. The fraction of sp³-hybridized carbons (Fsp3) is 0.412.